The zero-order valence-electron chi connectivity index (χ0n) is 12.0. The third-order valence-corrected chi connectivity index (χ3v) is 4.70. The number of nitro benzene ring substituents is 1. The van der Waals surface area contributed by atoms with Gasteiger partial charge in [-0.1, -0.05) is 28.8 Å². The zero-order valence-corrected chi connectivity index (χ0v) is 13.5. The highest BCUT2D eigenvalue weighted by molar-refractivity contribution is 9.10. The monoisotopic (exact) mass is 356 g/mol. The van der Waals surface area contributed by atoms with E-state index < -0.39 is 0 Å². The summed E-state index contributed by atoms with van der Waals surface area (Å²) in [5.74, 6) is 1.01. The second kappa shape index (κ2) is 7.87. The lowest BCUT2D eigenvalue weighted by atomic mass is 9.80. The molecule has 0 radical (unpaired) electrons. The molecule has 2 rings (SSSR count). The molecule has 21 heavy (non-hydrogen) atoms. The van der Waals surface area contributed by atoms with Crippen LogP contribution < -0.4 is 5.73 Å². The third-order valence-electron chi connectivity index (χ3n) is 4.20. The Morgan fingerprint density at radius 1 is 1.33 bits per heavy atom. The SMILES string of the molecule is NCC1CCCCC1COCc1ccc(Br)cc1[N+](=O)[O-]. The van der Waals surface area contributed by atoms with Crippen LogP contribution in [0.4, 0.5) is 5.69 Å². The van der Waals surface area contributed by atoms with E-state index in [1.165, 1.54) is 25.3 Å². The molecule has 2 unspecified atom stereocenters. The minimum Gasteiger partial charge on any atom is -0.376 e. The molecule has 0 saturated heterocycles. The molecule has 116 valence electrons. The Bertz CT molecular complexity index is 496. The van der Waals surface area contributed by atoms with Crippen molar-refractivity contribution in [1.82, 2.24) is 0 Å². The summed E-state index contributed by atoms with van der Waals surface area (Å²) in [6.07, 6.45) is 4.78. The first kappa shape index (κ1) is 16.4. The van der Waals surface area contributed by atoms with E-state index in [9.17, 15) is 10.1 Å². The van der Waals surface area contributed by atoms with Gasteiger partial charge in [0.05, 0.1) is 23.7 Å². The van der Waals surface area contributed by atoms with Crippen molar-refractivity contribution >= 4 is 21.6 Å². The molecule has 1 aromatic rings. The standard InChI is InChI=1S/C15H21BrN2O3/c16-14-6-5-13(15(7-14)18(19)20)10-21-9-12-4-2-1-3-11(12)8-17/h5-7,11-12H,1-4,8-10,17H2. The predicted octanol–water partition coefficient (Wildman–Crippen LogP) is 3.64. The van der Waals surface area contributed by atoms with Gasteiger partial charge in [-0.05, 0) is 43.4 Å². The van der Waals surface area contributed by atoms with Crippen molar-refractivity contribution in [1.29, 1.82) is 0 Å². The maximum Gasteiger partial charge on any atom is 0.276 e. The van der Waals surface area contributed by atoms with Crippen LogP contribution in [0.3, 0.4) is 0 Å². The molecular formula is C15H21BrN2O3. The van der Waals surface area contributed by atoms with Crippen molar-refractivity contribution in [2.45, 2.75) is 32.3 Å². The summed E-state index contributed by atoms with van der Waals surface area (Å²) in [4.78, 5) is 10.7. The summed E-state index contributed by atoms with van der Waals surface area (Å²) in [7, 11) is 0. The summed E-state index contributed by atoms with van der Waals surface area (Å²) in [6.45, 7) is 1.61. The Balaban J connectivity index is 1.92. The number of nitrogens with two attached hydrogens (primary N) is 1. The average molecular weight is 357 g/mol. The van der Waals surface area contributed by atoms with Crippen LogP contribution in [0.5, 0.6) is 0 Å². The Morgan fingerprint density at radius 3 is 2.71 bits per heavy atom. The van der Waals surface area contributed by atoms with Gasteiger partial charge in [-0.2, -0.15) is 0 Å². The fraction of sp³-hybridized carbons (Fsp3) is 0.600. The minimum absolute atomic E-state index is 0.100. The van der Waals surface area contributed by atoms with Gasteiger partial charge in [0.25, 0.3) is 5.69 Å². The molecule has 6 heteroatoms. The molecule has 0 bridgehead atoms. The molecule has 0 aromatic heterocycles. The van der Waals surface area contributed by atoms with Crippen LogP contribution in [0.1, 0.15) is 31.2 Å². The summed E-state index contributed by atoms with van der Waals surface area (Å²) in [6, 6.07) is 5.06. The number of hydrogen-bond donors (Lipinski definition) is 1. The van der Waals surface area contributed by atoms with Gasteiger partial charge in [-0.15, -0.1) is 0 Å². The number of halogens is 1. The van der Waals surface area contributed by atoms with Crippen molar-refractivity contribution in [2.24, 2.45) is 17.6 Å². The van der Waals surface area contributed by atoms with E-state index >= 15 is 0 Å². The lowest BCUT2D eigenvalue weighted by Gasteiger charge is -2.30. The van der Waals surface area contributed by atoms with Crippen LogP contribution >= 0.6 is 15.9 Å². The highest BCUT2D eigenvalue weighted by Crippen LogP contribution is 2.30. The van der Waals surface area contributed by atoms with Crippen LogP contribution in [0, 0.1) is 22.0 Å². The van der Waals surface area contributed by atoms with E-state index in [2.05, 4.69) is 15.9 Å². The lowest BCUT2D eigenvalue weighted by Crippen LogP contribution is -2.29. The van der Waals surface area contributed by atoms with Gasteiger partial charge >= 0.3 is 0 Å². The molecule has 2 atom stereocenters. The molecule has 1 aromatic carbocycles. The van der Waals surface area contributed by atoms with Gasteiger partial charge in [0.1, 0.15) is 0 Å². The normalized spacial score (nSPS) is 22.2. The van der Waals surface area contributed by atoms with Crippen LogP contribution in [-0.4, -0.2) is 18.1 Å². The molecule has 2 N–H and O–H groups in total. The molecule has 0 aliphatic heterocycles. The highest BCUT2D eigenvalue weighted by Gasteiger charge is 2.24. The molecule has 0 amide bonds. The lowest BCUT2D eigenvalue weighted by molar-refractivity contribution is -0.386. The maximum atomic E-state index is 11.0. The van der Waals surface area contributed by atoms with Crippen molar-refractivity contribution in [2.75, 3.05) is 13.2 Å². The van der Waals surface area contributed by atoms with Gasteiger partial charge in [-0.25, -0.2) is 0 Å². The van der Waals surface area contributed by atoms with E-state index in [0.29, 0.717) is 35.0 Å². The van der Waals surface area contributed by atoms with Gasteiger partial charge in [0.15, 0.2) is 0 Å². The van der Waals surface area contributed by atoms with Gasteiger partial charge < -0.3 is 10.5 Å². The minimum atomic E-state index is -0.368. The molecular weight excluding hydrogens is 336 g/mol. The van der Waals surface area contributed by atoms with Crippen LogP contribution in [0.2, 0.25) is 0 Å². The van der Waals surface area contributed by atoms with Crippen LogP contribution in [-0.2, 0) is 11.3 Å². The smallest absolute Gasteiger partial charge is 0.276 e. The van der Waals surface area contributed by atoms with Crippen molar-refractivity contribution in [3.05, 3.63) is 38.3 Å². The van der Waals surface area contributed by atoms with Gasteiger partial charge in [0, 0.05) is 10.5 Å². The quantitative estimate of drug-likeness (QED) is 0.623. The summed E-state index contributed by atoms with van der Waals surface area (Å²) in [5, 5.41) is 11.0. The molecule has 0 spiro atoms. The average Bonchev–Trinajstić information content (AvgIpc) is 2.49. The Kier molecular flexibility index (Phi) is 6.14. The van der Waals surface area contributed by atoms with Crippen molar-refractivity contribution < 1.29 is 9.66 Å². The molecule has 1 saturated carbocycles. The number of nitrogens with zero attached hydrogens (tertiary/aromatic N) is 1. The van der Waals surface area contributed by atoms with Gasteiger partial charge in [0.2, 0.25) is 0 Å². The first-order chi connectivity index (χ1) is 10.1. The van der Waals surface area contributed by atoms with Gasteiger partial charge in [-0.3, -0.25) is 10.1 Å². The van der Waals surface area contributed by atoms with E-state index in [1.807, 2.05) is 0 Å². The molecule has 0 heterocycles. The molecule has 1 aliphatic carbocycles. The Labute approximate surface area is 133 Å². The number of ether oxygens (including phenoxy) is 1. The largest absolute Gasteiger partial charge is 0.376 e. The fourth-order valence-corrected chi connectivity index (χ4v) is 3.31. The first-order valence-electron chi connectivity index (χ1n) is 7.32. The fourth-order valence-electron chi connectivity index (χ4n) is 2.96. The number of nitro groups is 1. The third kappa shape index (κ3) is 4.49. The zero-order chi connectivity index (χ0) is 15.2. The first-order valence-corrected chi connectivity index (χ1v) is 8.11. The number of benzene rings is 1. The topological polar surface area (TPSA) is 78.4 Å². The molecule has 1 aliphatic rings. The molecule has 5 nitrogen and oxygen atoms in total. The Hall–Kier alpha value is -0.980. The maximum absolute atomic E-state index is 11.0. The van der Waals surface area contributed by atoms with E-state index in [-0.39, 0.29) is 17.2 Å². The number of rotatable bonds is 6. The number of hydrogen-bond acceptors (Lipinski definition) is 4. The van der Waals surface area contributed by atoms with Crippen LogP contribution in [0.15, 0.2) is 22.7 Å². The second-order valence-corrected chi connectivity index (χ2v) is 6.50. The van der Waals surface area contributed by atoms with E-state index in [1.54, 1.807) is 12.1 Å². The summed E-state index contributed by atoms with van der Waals surface area (Å²) >= 11 is 3.25. The van der Waals surface area contributed by atoms with E-state index in [0.717, 1.165) is 6.42 Å². The summed E-state index contributed by atoms with van der Waals surface area (Å²) < 4.78 is 6.45. The van der Waals surface area contributed by atoms with Crippen molar-refractivity contribution in [3.8, 4) is 0 Å². The van der Waals surface area contributed by atoms with Crippen LogP contribution in [0.25, 0.3) is 0 Å². The van der Waals surface area contributed by atoms with E-state index in [4.69, 9.17) is 10.5 Å². The summed E-state index contributed by atoms with van der Waals surface area (Å²) in [5.41, 5.74) is 6.52. The predicted molar refractivity (Wildman–Crippen MR) is 85.0 cm³/mol. The Morgan fingerprint density at radius 2 is 2.05 bits per heavy atom. The highest BCUT2D eigenvalue weighted by atomic mass is 79.9. The van der Waals surface area contributed by atoms with Crippen molar-refractivity contribution in [3.63, 3.8) is 0 Å². The second-order valence-electron chi connectivity index (χ2n) is 5.59. The molecule has 1 fully saturated rings.